The Bertz CT molecular complexity index is 999. The van der Waals surface area contributed by atoms with Gasteiger partial charge in [0.15, 0.2) is 5.17 Å². The molecule has 0 spiro atoms. The Morgan fingerprint density at radius 2 is 1.94 bits per heavy atom. The lowest BCUT2D eigenvalue weighted by Crippen LogP contribution is -2.43. The van der Waals surface area contributed by atoms with E-state index in [1.807, 2.05) is 46.4 Å². The normalized spacial score (nSPS) is 22.9. The van der Waals surface area contributed by atoms with Gasteiger partial charge in [0, 0.05) is 18.3 Å². The van der Waals surface area contributed by atoms with Gasteiger partial charge in [-0.2, -0.15) is 0 Å². The van der Waals surface area contributed by atoms with Crippen molar-refractivity contribution in [3.05, 3.63) is 52.2 Å². The number of hydrogen-bond donors (Lipinski definition) is 0. The third-order valence-corrected chi connectivity index (χ3v) is 7.18. The van der Waals surface area contributed by atoms with Crippen molar-refractivity contribution in [2.75, 3.05) is 20.8 Å². The van der Waals surface area contributed by atoms with Crippen LogP contribution in [0.25, 0.3) is 0 Å². The van der Waals surface area contributed by atoms with Crippen LogP contribution in [0.4, 0.5) is 0 Å². The number of likely N-dealkylation sites (tertiary alicyclic amines) is 1. The Morgan fingerprint density at radius 3 is 2.59 bits per heavy atom. The van der Waals surface area contributed by atoms with Gasteiger partial charge in [-0.3, -0.25) is 4.79 Å². The van der Waals surface area contributed by atoms with Crippen molar-refractivity contribution in [2.45, 2.75) is 51.6 Å². The van der Waals surface area contributed by atoms with Crippen molar-refractivity contribution in [3.8, 4) is 5.75 Å². The topological polar surface area (TPSA) is 71.4 Å². The van der Waals surface area contributed by atoms with Crippen LogP contribution in [0.5, 0.6) is 5.75 Å². The van der Waals surface area contributed by atoms with E-state index in [2.05, 4.69) is 11.9 Å². The summed E-state index contributed by atoms with van der Waals surface area (Å²) < 4.78 is 10.4. The standard InChI is InChI=1S/C24H29N3O4S/c1-15-7-5-6-12-26(15)20(28)13-18-14-32-24-25-16(2)21(23(29)31-4)22(27(18)24)17-8-10-19(30-3)11-9-17/h8-11,14-15,22H,5-7,12-13H2,1-4H3/t15-,22-/m1/s1. The molecule has 3 aliphatic heterocycles. The molecule has 1 aromatic carbocycles. The molecule has 1 fully saturated rings. The van der Waals surface area contributed by atoms with Crippen LogP contribution in [-0.2, 0) is 14.3 Å². The molecule has 3 heterocycles. The molecule has 0 saturated carbocycles. The van der Waals surface area contributed by atoms with Gasteiger partial charge in [-0.15, -0.1) is 0 Å². The number of methoxy groups -OCH3 is 2. The summed E-state index contributed by atoms with van der Waals surface area (Å²) in [6, 6.07) is 7.46. The van der Waals surface area contributed by atoms with E-state index in [-0.39, 0.29) is 18.4 Å². The molecule has 0 bridgehead atoms. The van der Waals surface area contributed by atoms with Crippen molar-refractivity contribution in [1.29, 1.82) is 0 Å². The highest BCUT2D eigenvalue weighted by atomic mass is 32.2. The molecule has 8 heteroatoms. The van der Waals surface area contributed by atoms with Crippen LogP contribution in [-0.4, -0.2) is 53.7 Å². The number of nitrogens with zero attached hydrogens (tertiary/aromatic N) is 3. The second kappa shape index (κ2) is 9.40. The number of hydrogen-bond acceptors (Lipinski definition) is 7. The summed E-state index contributed by atoms with van der Waals surface area (Å²) in [5, 5.41) is 2.75. The number of amidine groups is 1. The number of ether oxygens (including phenoxy) is 2. The first kappa shape index (κ1) is 22.5. The first-order chi connectivity index (χ1) is 15.4. The van der Waals surface area contributed by atoms with E-state index < -0.39 is 12.0 Å². The van der Waals surface area contributed by atoms with E-state index in [0.717, 1.165) is 41.6 Å². The monoisotopic (exact) mass is 455 g/mol. The van der Waals surface area contributed by atoms with Crippen LogP contribution < -0.4 is 4.74 Å². The van der Waals surface area contributed by atoms with Gasteiger partial charge in [-0.05, 0) is 56.2 Å². The molecule has 1 amide bonds. The number of piperidine rings is 1. The Balaban J connectivity index is 1.68. The van der Waals surface area contributed by atoms with Crippen LogP contribution in [0.15, 0.2) is 51.6 Å². The zero-order chi connectivity index (χ0) is 22.8. The van der Waals surface area contributed by atoms with E-state index in [4.69, 9.17) is 9.47 Å². The summed E-state index contributed by atoms with van der Waals surface area (Å²) in [5.41, 5.74) is 2.87. The highest BCUT2D eigenvalue weighted by molar-refractivity contribution is 8.16. The van der Waals surface area contributed by atoms with Gasteiger partial charge >= 0.3 is 5.97 Å². The maximum atomic E-state index is 13.2. The molecular weight excluding hydrogens is 426 g/mol. The minimum atomic E-state index is -0.423. The maximum absolute atomic E-state index is 13.2. The molecule has 1 saturated heterocycles. The highest BCUT2D eigenvalue weighted by Gasteiger charge is 2.41. The summed E-state index contributed by atoms with van der Waals surface area (Å²) in [5.74, 6) is 0.433. The minimum absolute atomic E-state index is 0.115. The van der Waals surface area contributed by atoms with E-state index in [1.165, 1.54) is 25.3 Å². The molecule has 0 N–H and O–H groups in total. The largest absolute Gasteiger partial charge is 0.497 e. The van der Waals surface area contributed by atoms with Crippen LogP contribution in [0.3, 0.4) is 0 Å². The maximum Gasteiger partial charge on any atom is 0.338 e. The number of carbonyl (C=O) groups excluding carboxylic acids is 2. The number of amides is 1. The third kappa shape index (κ3) is 4.16. The van der Waals surface area contributed by atoms with E-state index in [1.54, 1.807) is 7.11 Å². The number of aliphatic imine (C=N–C) groups is 1. The van der Waals surface area contributed by atoms with Gasteiger partial charge in [0.05, 0.1) is 38.0 Å². The molecule has 2 atom stereocenters. The SMILES string of the molecule is COC(=O)C1=C(C)N=C2SC=C(CC(=O)N3CCCC[C@H]3C)N2[C@@H]1c1ccc(OC)cc1. The Kier molecular flexibility index (Phi) is 6.60. The summed E-state index contributed by atoms with van der Waals surface area (Å²) in [6.45, 7) is 4.74. The number of esters is 1. The summed E-state index contributed by atoms with van der Waals surface area (Å²) in [7, 11) is 3.00. The Morgan fingerprint density at radius 1 is 1.19 bits per heavy atom. The van der Waals surface area contributed by atoms with Crippen LogP contribution >= 0.6 is 11.8 Å². The average Bonchev–Trinajstić information content (AvgIpc) is 3.19. The average molecular weight is 456 g/mol. The van der Waals surface area contributed by atoms with Crippen LogP contribution in [0, 0.1) is 0 Å². The second-order valence-electron chi connectivity index (χ2n) is 8.27. The number of allylic oxidation sites excluding steroid dienone is 1. The van der Waals surface area contributed by atoms with Crippen molar-refractivity contribution in [1.82, 2.24) is 9.80 Å². The molecule has 3 aliphatic rings. The molecule has 7 nitrogen and oxygen atoms in total. The smallest absolute Gasteiger partial charge is 0.338 e. The third-order valence-electron chi connectivity index (χ3n) is 6.29. The predicted octanol–water partition coefficient (Wildman–Crippen LogP) is 4.23. The van der Waals surface area contributed by atoms with Gasteiger partial charge in [-0.1, -0.05) is 23.9 Å². The van der Waals surface area contributed by atoms with Crippen molar-refractivity contribution in [2.24, 2.45) is 4.99 Å². The predicted molar refractivity (Wildman–Crippen MR) is 125 cm³/mol. The van der Waals surface area contributed by atoms with Crippen LogP contribution in [0.1, 0.15) is 51.1 Å². The number of thioether (sulfide) groups is 1. The van der Waals surface area contributed by atoms with Gasteiger partial charge in [0.25, 0.3) is 0 Å². The Labute approximate surface area is 193 Å². The number of carbonyl (C=O) groups is 2. The van der Waals surface area contributed by atoms with Gasteiger partial charge in [-0.25, -0.2) is 9.79 Å². The van der Waals surface area contributed by atoms with Gasteiger partial charge in [0.2, 0.25) is 5.91 Å². The van der Waals surface area contributed by atoms with Gasteiger partial charge in [0.1, 0.15) is 5.75 Å². The van der Waals surface area contributed by atoms with E-state index in [0.29, 0.717) is 11.3 Å². The molecule has 0 aromatic heterocycles. The fourth-order valence-corrected chi connectivity index (χ4v) is 5.53. The zero-order valence-corrected chi connectivity index (χ0v) is 19.8. The molecular formula is C24H29N3O4S. The van der Waals surface area contributed by atoms with Crippen molar-refractivity contribution < 1.29 is 19.1 Å². The second-order valence-corrected chi connectivity index (χ2v) is 9.10. The number of fused-ring (bicyclic) bond motifs is 1. The van der Waals surface area contributed by atoms with E-state index >= 15 is 0 Å². The lowest BCUT2D eigenvalue weighted by Gasteiger charge is -2.38. The molecule has 32 heavy (non-hydrogen) atoms. The zero-order valence-electron chi connectivity index (χ0n) is 19.0. The number of benzene rings is 1. The first-order valence-corrected chi connectivity index (χ1v) is 11.8. The van der Waals surface area contributed by atoms with Gasteiger partial charge < -0.3 is 19.3 Å². The van der Waals surface area contributed by atoms with E-state index in [9.17, 15) is 9.59 Å². The van der Waals surface area contributed by atoms with Crippen molar-refractivity contribution in [3.63, 3.8) is 0 Å². The molecule has 4 rings (SSSR count). The molecule has 0 radical (unpaired) electrons. The first-order valence-electron chi connectivity index (χ1n) is 10.9. The highest BCUT2D eigenvalue weighted by Crippen LogP contribution is 2.45. The minimum Gasteiger partial charge on any atom is -0.497 e. The molecule has 1 aromatic rings. The molecule has 170 valence electrons. The fraction of sp³-hybridized carbons (Fsp3) is 0.458. The summed E-state index contributed by atoms with van der Waals surface area (Å²) in [4.78, 5) is 34.6. The quantitative estimate of drug-likeness (QED) is 0.619. The summed E-state index contributed by atoms with van der Waals surface area (Å²) >= 11 is 1.49. The molecule has 0 aliphatic carbocycles. The molecule has 0 unspecified atom stereocenters. The van der Waals surface area contributed by atoms with Crippen LogP contribution in [0.2, 0.25) is 0 Å². The summed E-state index contributed by atoms with van der Waals surface area (Å²) in [6.07, 6.45) is 3.52. The lowest BCUT2D eigenvalue weighted by molar-refractivity contribution is -0.136. The van der Waals surface area contributed by atoms with Crippen molar-refractivity contribution >= 4 is 28.8 Å². The fourth-order valence-electron chi connectivity index (χ4n) is 4.57. The Hall–Kier alpha value is -2.74. The number of rotatable bonds is 5. The lowest BCUT2D eigenvalue weighted by atomic mass is 9.93.